The predicted molar refractivity (Wildman–Crippen MR) is 67.7 cm³/mol. The van der Waals surface area contributed by atoms with Crippen LogP contribution in [0.5, 0.6) is 0 Å². The Hall–Kier alpha value is -0.0500. The highest BCUT2D eigenvalue weighted by Crippen LogP contribution is 2.40. The van der Waals surface area contributed by atoms with Gasteiger partial charge >= 0.3 is 0 Å². The number of hydrogen-bond acceptors (Lipinski definition) is 2. The molecule has 15 heavy (non-hydrogen) atoms. The van der Waals surface area contributed by atoms with Crippen LogP contribution in [0.1, 0.15) is 43.5 Å². The lowest BCUT2D eigenvalue weighted by molar-refractivity contribution is 0.380. The largest absolute Gasteiger partial charge is 0.309 e. The van der Waals surface area contributed by atoms with Crippen molar-refractivity contribution < 1.29 is 0 Å². The van der Waals surface area contributed by atoms with Crippen molar-refractivity contribution in [2.45, 2.75) is 38.6 Å². The maximum absolute atomic E-state index is 6.22. The maximum Gasteiger partial charge on any atom is 0.0561 e. The van der Waals surface area contributed by atoms with E-state index in [1.807, 2.05) is 6.07 Å². The van der Waals surface area contributed by atoms with Crippen LogP contribution in [0.4, 0.5) is 0 Å². The summed E-state index contributed by atoms with van der Waals surface area (Å²) >= 11 is 8.01. The van der Waals surface area contributed by atoms with E-state index in [2.05, 4.69) is 17.6 Å². The summed E-state index contributed by atoms with van der Waals surface area (Å²) in [7, 11) is 0. The van der Waals surface area contributed by atoms with Gasteiger partial charge in [-0.25, -0.2) is 0 Å². The Bertz CT molecular complexity index is 304. The molecule has 0 radical (unpaired) electrons. The molecule has 1 fully saturated rings. The topological polar surface area (TPSA) is 12.0 Å². The zero-order valence-corrected chi connectivity index (χ0v) is 10.7. The van der Waals surface area contributed by atoms with Gasteiger partial charge in [0, 0.05) is 10.9 Å². The molecule has 1 heterocycles. The molecule has 1 aliphatic carbocycles. The van der Waals surface area contributed by atoms with Crippen LogP contribution in [0.3, 0.4) is 0 Å². The first-order valence-electron chi connectivity index (χ1n) is 5.79. The molecule has 1 aliphatic rings. The third-order valence-electron chi connectivity index (χ3n) is 3.22. The van der Waals surface area contributed by atoms with Gasteiger partial charge in [-0.1, -0.05) is 31.4 Å². The van der Waals surface area contributed by atoms with Gasteiger partial charge in [-0.15, -0.1) is 11.3 Å². The van der Waals surface area contributed by atoms with E-state index in [1.54, 1.807) is 11.3 Å². The molecule has 1 atom stereocenters. The lowest BCUT2D eigenvalue weighted by Crippen LogP contribution is -2.26. The second-order valence-corrected chi connectivity index (χ2v) is 5.57. The molecule has 0 aromatic carbocycles. The molecule has 2 rings (SSSR count). The number of nitrogens with one attached hydrogen (secondary N) is 1. The lowest BCUT2D eigenvalue weighted by atomic mass is 9.97. The van der Waals surface area contributed by atoms with Crippen LogP contribution in [0.2, 0.25) is 5.02 Å². The van der Waals surface area contributed by atoms with Crippen molar-refractivity contribution in [1.29, 1.82) is 0 Å². The number of halogens is 1. The molecule has 1 aromatic heterocycles. The lowest BCUT2D eigenvalue weighted by Gasteiger charge is -2.23. The van der Waals surface area contributed by atoms with Crippen LogP contribution in [0, 0.1) is 5.92 Å². The summed E-state index contributed by atoms with van der Waals surface area (Å²) < 4.78 is 0. The monoisotopic (exact) mass is 243 g/mol. The van der Waals surface area contributed by atoms with Gasteiger partial charge in [0.2, 0.25) is 0 Å². The molecule has 1 aromatic rings. The Morgan fingerprint density at radius 1 is 1.53 bits per heavy atom. The fourth-order valence-corrected chi connectivity index (χ4v) is 3.85. The minimum Gasteiger partial charge on any atom is -0.309 e. The van der Waals surface area contributed by atoms with E-state index in [1.165, 1.54) is 30.6 Å². The van der Waals surface area contributed by atoms with E-state index in [0.29, 0.717) is 6.04 Å². The van der Waals surface area contributed by atoms with E-state index >= 15 is 0 Å². The summed E-state index contributed by atoms with van der Waals surface area (Å²) in [6.07, 6.45) is 5.48. The van der Waals surface area contributed by atoms with E-state index in [0.717, 1.165) is 17.5 Å². The summed E-state index contributed by atoms with van der Waals surface area (Å²) in [4.78, 5) is 1.34. The molecular weight excluding hydrogens is 226 g/mol. The van der Waals surface area contributed by atoms with Gasteiger partial charge in [0.25, 0.3) is 0 Å². The molecule has 0 aliphatic heterocycles. The predicted octanol–water partition coefficient (Wildman–Crippen LogP) is 4.24. The van der Waals surface area contributed by atoms with E-state index in [9.17, 15) is 0 Å². The molecule has 84 valence electrons. The molecule has 0 amide bonds. The normalized spacial score (nSPS) is 19.6. The first-order valence-corrected chi connectivity index (χ1v) is 7.05. The van der Waals surface area contributed by atoms with Crippen molar-refractivity contribution >= 4 is 22.9 Å². The molecule has 0 saturated heterocycles. The number of hydrogen-bond donors (Lipinski definition) is 1. The van der Waals surface area contributed by atoms with Gasteiger partial charge in [-0.2, -0.15) is 0 Å². The zero-order valence-electron chi connectivity index (χ0n) is 9.13. The van der Waals surface area contributed by atoms with Crippen LogP contribution in [-0.4, -0.2) is 6.54 Å². The summed E-state index contributed by atoms with van der Waals surface area (Å²) in [6.45, 7) is 3.19. The molecule has 1 nitrogen and oxygen atoms in total. The molecule has 0 spiro atoms. The highest BCUT2D eigenvalue weighted by Gasteiger charge is 2.27. The van der Waals surface area contributed by atoms with Crippen LogP contribution >= 0.6 is 22.9 Å². The molecule has 3 heteroatoms. The van der Waals surface area contributed by atoms with Crippen LogP contribution in [0.25, 0.3) is 0 Å². The third-order valence-corrected chi connectivity index (χ3v) is 4.66. The first-order chi connectivity index (χ1) is 7.33. The van der Waals surface area contributed by atoms with Gasteiger partial charge in [0.15, 0.2) is 0 Å². The van der Waals surface area contributed by atoms with Crippen LogP contribution < -0.4 is 5.32 Å². The summed E-state index contributed by atoms with van der Waals surface area (Å²) in [5.41, 5.74) is 0. The highest BCUT2D eigenvalue weighted by atomic mass is 35.5. The summed E-state index contributed by atoms with van der Waals surface area (Å²) in [6, 6.07) is 2.51. The Labute approximate surface area is 101 Å². The zero-order chi connectivity index (χ0) is 10.7. The fraction of sp³-hybridized carbons (Fsp3) is 0.667. The van der Waals surface area contributed by atoms with Crippen molar-refractivity contribution in [1.82, 2.24) is 5.32 Å². The Kier molecular flexibility index (Phi) is 4.06. The second kappa shape index (κ2) is 5.33. The standard InChI is InChI=1S/C12H18ClNS/c1-2-14-11(9-5-3-4-6-9)12-10(13)7-8-15-12/h7-9,11,14H,2-6H2,1H3. The van der Waals surface area contributed by atoms with Crippen molar-refractivity contribution in [2.75, 3.05) is 6.54 Å². The quantitative estimate of drug-likeness (QED) is 0.834. The fourth-order valence-electron chi connectivity index (χ4n) is 2.51. The second-order valence-electron chi connectivity index (χ2n) is 4.21. The molecule has 1 N–H and O–H groups in total. The molecule has 1 unspecified atom stereocenters. The molecular formula is C12H18ClNS. The smallest absolute Gasteiger partial charge is 0.0561 e. The minimum absolute atomic E-state index is 0.491. The van der Waals surface area contributed by atoms with Crippen molar-refractivity contribution in [3.05, 3.63) is 21.3 Å². The SMILES string of the molecule is CCNC(c1sccc1Cl)C1CCCC1. The van der Waals surface area contributed by atoms with Gasteiger partial charge in [-0.05, 0) is 36.8 Å². The van der Waals surface area contributed by atoms with Gasteiger partial charge in [0.05, 0.1) is 5.02 Å². The van der Waals surface area contributed by atoms with Crippen LogP contribution in [0.15, 0.2) is 11.4 Å². The van der Waals surface area contributed by atoms with Crippen molar-refractivity contribution in [3.8, 4) is 0 Å². The number of thiophene rings is 1. The average molecular weight is 244 g/mol. The Balaban J connectivity index is 2.15. The van der Waals surface area contributed by atoms with Gasteiger partial charge < -0.3 is 5.32 Å². The average Bonchev–Trinajstić information content (AvgIpc) is 2.85. The molecule has 1 saturated carbocycles. The maximum atomic E-state index is 6.22. The van der Waals surface area contributed by atoms with Crippen molar-refractivity contribution in [2.24, 2.45) is 5.92 Å². The van der Waals surface area contributed by atoms with E-state index in [4.69, 9.17) is 11.6 Å². The number of rotatable bonds is 4. The van der Waals surface area contributed by atoms with Crippen molar-refractivity contribution in [3.63, 3.8) is 0 Å². The van der Waals surface area contributed by atoms with Gasteiger partial charge in [-0.3, -0.25) is 0 Å². The Morgan fingerprint density at radius 3 is 2.80 bits per heavy atom. The Morgan fingerprint density at radius 2 is 2.27 bits per heavy atom. The first kappa shape index (κ1) is 11.4. The van der Waals surface area contributed by atoms with Crippen LogP contribution in [-0.2, 0) is 0 Å². The minimum atomic E-state index is 0.491. The highest BCUT2D eigenvalue weighted by molar-refractivity contribution is 7.10. The summed E-state index contributed by atoms with van der Waals surface area (Å²) in [5, 5.41) is 6.63. The summed E-state index contributed by atoms with van der Waals surface area (Å²) in [5.74, 6) is 0.793. The third kappa shape index (κ3) is 2.55. The van der Waals surface area contributed by atoms with E-state index < -0.39 is 0 Å². The molecule has 0 bridgehead atoms. The van der Waals surface area contributed by atoms with E-state index in [-0.39, 0.29) is 0 Å². The van der Waals surface area contributed by atoms with Gasteiger partial charge in [0.1, 0.15) is 0 Å².